The third kappa shape index (κ3) is 5.01. The van der Waals surface area contributed by atoms with Crippen LogP contribution in [0.5, 0.6) is 0 Å². The zero-order chi connectivity index (χ0) is 11.3. The van der Waals surface area contributed by atoms with Gasteiger partial charge in [0.15, 0.2) is 0 Å². The first-order chi connectivity index (χ1) is 7.09. The van der Waals surface area contributed by atoms with Crippen molar-refractivity contribution in [3.8, 4) is 0 Å². The van der Waals surface area contributed by atoms with E-state index < -0.39 is 0 Å². The van der Waals surface area contributed by atoms with Gasteiger partial charge in [0, 0.05) is 6.54 Å². The number of carbonyl (C=O) groups is 1. The summed E-state index contributed by atoms with van der Waals surface area (Å²) in [5.41, 5.74) is 0. The Morgan fingerprint density at radius 3 is 2.87 bits per heavy atom. The monoisotopic (exact) mass is 275 g/mol. The van der Waals surface area contributed by atoms with Crippen molar-refractivity contribution in [3.05, 3.63) is 0 Å². The Kier molecular flexibility index (Phi) is 5.65. The van der Waals surface area contributed by atoms with Gasteiger partial charge in [-0.25, -0.2) is 0 Å². The molecule has 88 valence electrons. The average molecular weight is 276 g/mol. The minimum absolute atomic E-state index is 0.0669. The third-order valence-electron chi connectivity index (χ3n) is 3.26. The van der Waals surface area contributed by atoms with Crippen molar-refractivity contribution in [1.82, 2.24) is 5.32 Å². The third-order valence-corrected chi connectivity index (χ3v) is 3.67. The van der Waals surface area contributed by atoms with Crippen molar-refractivity contribution in [3.63, 3.8) is 0 Å². The van der Waals surface area contributed by atoms with Crippen molar-refractivity contribution in [2.24, 2.45) is 11.8 Å². The van der Waals surface area contributed by atoms with Crippen molar-refractivity contribution in [2.45, 2.75) is 50.8 Å². The highest BCUT2D eigenvalue weighted by Gasteiger charge is 2.18. The van der Waals surface area contributed by atoms with E-state index >= 15 is 0 Å². The second-order valence-electron chi connectivity index (χ2n) is 4.83. The normalized spacial score (nSPS) is 28.5. The summed E-state index contributed by atoms with van der Waals surface area (Å²) in [4.78, 5) is 11.2. The number of rotatable bonds is 4. The number of nitrogens with one attached hydrogen (secondary N) is 1. The van der Waals surface area contributed by atoms with E-state index in [1.165, 1.54) is 25.7 Å². The zero-order valence-electron chi connectivity index (χ0n) is 9.76. The van der Waals surface area contributed by atoms with Gasteiger partial charge in [0.2, 0.25) is 5.91 Å². The highest BCUT2D eigenvalue weighted by molar-refractivity contribution is 9.10. The Hall–Kier alpha value is -0.0500. The van der Waals surface area contributed by atoms with Crippen LogP contribution in [0.4, 0.5) is 0 Å². The highest BCUT2D eigenvalue weighted by Crippen LogP contribution is 2.30. The quantitative estimate of drug-likeness (QED) is 0.785. The maximum absolute atomic E-state index is 11.3. The fourth-order valence-electron chi connectivity index (χ4n) is 2.36. The van der Waals surface area contributed by atoms with Crippen LogP contribution in [-0.4, -0.2) is 17.3 Å². The second kappa shape index (κ2) is 6.51. The molecule has 15 heavy (non-hydrogen) atoms. The SMILES string of the molecule is CC1CCCC(CCNC(=O)C(C)Br)C1. The molecule has 3 unspecified atom stereocenters. The minimum Gasteiger partial charge on any atom is -0.355 e. The largest absolute Gasteiger partial charge is 0.355 e. The van der Waals surface area contributed by atoms with E-state index in [-0.39, 0.29) is 10.7 Å². The molecule has 1 N–H and O–H groups in total. The Morgan fingerprint density at radius 2 is 2.27 bits per heavy atom. The maximum Gasteiger partial charge on any atom is 0.233 e. The second-order valence-corrected chi connectivity index (χ2v) is 6.21. The van der Waals surface area contributed by atoms with Gasteiger partial charge in [-0.3, -0.25) is 4.79 Å². The lowest BCUT2D eigenvalue weighted by Gasteiger charge is -2.26. The Bertz CT molecular complexity index is 206. The molecule has 1 aliphatic rings. The molecule has 1 fully saturated rings. The van der Waals surface area contributed by atoms with Crippen molar-refractivity contribution < 1.29 is 4.79 Å². The summed E-state index contributed by atoms with van der Waals surface area (Å²) in [6, 6.07) is 0. The first kappa shape index (κ1) is 13.0. The Labute approximate surface area is 101 Å². The van der Waals surface area contributed by atoms with E-state index in [9.17, 15) is 4.79 Å². The molecule has 0 radical (unpaired) electrons. The molecule has 0 aromatic rings. The summed E-state index contributed by atoms with van der Waals surface area (Å²) < 4.78 is 0. The van der Waals surface area contributed by atoms with Crippen LogP contribution in [0.3, 0.4) is 0 Å². The molecule has 1 rings (SSSR count). The van der Waals surface area contributed by atoms with Crippen molar-refractivity contribution in [2.75, 3.05) is 6.54 Å². The van der Waals surface area contributed by atoms with Crippen LogP contribution < -0.4 is 5.32 Å². The number of halogens is 1. The van der Waals surface area contributed by atoms with Crippen LogP contribution in [0.1, 0.15) is 46.0 Å². The van der Waals surface area contributed by atoms with E-state index in [1.807, 2.05) is 6.92 Å². The number of amides is 1. The van der Waals surface area contributed by atoms with Crippen LogP contribution in [0, 0.1) is 11.8 Å². The minimum atomic E-state index is -0.0669. The van der Waals surface area contributed by atoms with Crippen LogP contribution in [0.25, 0.3) is 0 Å². The molecule has 1 amide bonds. The molecule has 1 aliphatic carbocycles. The van der Waals surface area contributed by atoms with Gasteiger partial charge in [0.25, 0.3) is 0 Å². The van der Waals surface area contributed by atoms with Gasteiger partial charge in [-0.15, -0.1) is 0 Å². The lowest BCUT2D eigenvalue weighted by Crippen LogP contribution is -2.31. The Morgan fingerprint density at radius 1 is 1.53 bits per heavy atom. The van der Waals surface area contributed by atoms with Gasteiger partial charge >= 0.3 is 0 Å². The van der Waals surface area contributed by atoms with E-state index in [4.69, 9.17) is 0 Å². The molecule has 0 heterocycles. The summed E-state index contributed by atoms with van der Waals surface area (Å²) in [7, 11) is 0. The van der Waals surface area contributed by atoms with Gasteiger partial charge in [-0.05, 0) is 31.6 Å². The highest BCUT2D eigenvalue weighted by atomic mass is 79.9. The lowest BCUT2D eigenvalue weighted by molar-refractivity contribution is -0.120. The standard InChI is InChI=1S/C12H22BrNO/c1-9-4-3-5-11(8-9)6-7-14-12(15)10(2)13/h9-11H,3-8H2,1-2H3,(H,14,15). The molecule has 2 nitrogen and oxygen atoms in total. The molecule has 0 spiro atoms. The van der Waals surface area contributed by atoms with Crippen LogP contribution >= 0.6 is 15.9 Å². The first-order valence-corrected chi connectivity index (χ1v) is 6.93. The van der Waals surface area contributed by atoms with Gasteiger partial charge in [-0.1, -0.05) is 42.1 Å². The summed E-state index contributed by atoms with van der Waals surface area (Å²) >= 11 is 3.26. The number of hydrogen-bond acceptors (Lipinski definition) is 1. The zero-order valence-corrected chi connectivity index (χ0v) is 11.3. The number of carbonyl (C=O) groups excluding carboxylic acids is 1. The molecule has 3 heteroatoms. The van der Waals surface area contributed by atoms with E-state index in [2.05, 4.69) is 28.2 Å². The summed E-state index contributed by atoms with van der Waals surface area (Å²) in [6.45, 7) is 5.04. The predicted molar refractivity (Wildman–Crippen MR) is 67.1 cm³/mol. The molecule has 0 saturated heterocycles. The number of hydrogen-bond donors (Lipinski definition) is 1. The van der Waals surface area contributed by atoms with Crippen LogP contribution in [0.15, 0.2) is 0 Å². The molecule has 0 aromatic heterocycles. The summed E-state index contributed by atoms with van der Waals surface area (Å²) in [6.07, 6.45) is 6.61. The van der Waals surface area contributed by atoms with Crippen molar-refractivity contribution >= 4 is 21.8 Å². The fraction of sp³-hybridized carbons (Fsp3) is 0.917. The van der Waals surface area contributed by atoms with E-state index in [0.717, 1.165) is 24.8 Å². The molecular formula is C12H22BrNO. The van der Waals surface area contributed by atoms with Crippen LogP contribution in [-0.2, 0) is 4.79 Å². The lowest BCUT2D eigenvalue weighted by atomic mass is 9.81. The first-order valence-electron chi connectivity index (χ1n) is 6.01. The maximum atomic E-state index is 11.3. The van der Waals surface area contributed by atoms with Gasteiger partial charge in [-0.2, -0.15) is 0 Å². The number of alkyl halides is 1. The summed E-state index contributed by atoms with van der Waals surface area (Å²) in [5, 5.41) is 2.96. The average Bonchev–Trinajstić information content (AvgIpc) is 2.17. The van der Waals surface area contributed by atoms with E-state index in [1.54, 1.807) is 0 Å². The Balaban J connectivity index is 2.11. The predicted octanol–water partition coefficient (Wildman–Crippen LogP) is 3.10. The molecule has 0 bridgehead atoms. The smallest absolute Gasteiger partial charge is 0.233 e. The fourth-order valence-corrected chi connectivity index (χ4v) is 2.52. The van der Waals surface area contributed by atoms with Crippen LogP contribution in [0.2, 0.25) is 0 Å². The van der Waals surface area contributed by atoms with Gasteiger partial charge < -0.3 is 5.32 Å². The van der Waals surface area contributed by atoms with Crippen molar-refractivity contribution in [1.29, 1.82) is 0 Å². The summed E-state index contributed by atoms with van der Waals surface area (Å²) in [5.74, 6) is 1.83. The topological polar surface area (TPSA) is 29.1 Å². The van der Waals surface area contributed by atoms with Gasteiger partial charge in [0.1, 0.15) is 0 Å². The van der Waals surface area contributed by atoms with Gasteiger partial charge in [0.05, 0.1) is 4.83 Å². The molecular weight excluding hydrogens is 254 g/mol. The molecule has 3 atom stereocenters. The molecule has 0 aliphatic heterocycles. The molecule has 1 saturated carbocycles. The molecule has 0 aromatic carbocycles. The van der Waals surface area contributed by atoms with E-state index in [0.29, 0.717) is 0 Å².